The summed E-state index contributed by atoms with van der Waals surface area (Å²) in [6.45, 7) is 21.6. The van der Waals surface area contributed by atoms with Crippen molar-refractivity contribution >= 4 is 55.3 Å². The predicted octanol–water partition coefficient (Wildman–Crippen LogP) is 5.09. The molecule has 0 aromatic rings. The zero-order chi connectivity index (χ0) is 38.8. The summed E-state index contributed by atoms with van der Waals surface area (Å²) in [6.07, 6.45) is 9.10. The lowest BCUT2D eigenvalue weighted by atomic mass is 9.70. The fraction of sp³-hybridized carbons (Fsp3) is 0.811. The molecule has 0 spiro atoms. The molecule has 0 aromatic carbocycles. The highest BCUT2D eigenvalue weighted by Gasteiger charge is 2.46. The fourth-order valence-electron chi connectivity index (χ4n) is 6.21. The molecule has 1 heterocycles. The smallest absolute Gasteiger partial charge is 0.315 e. The highest BCUT2D eigenvalue weighted by Crippen LogP contribution is 2.40. The quantitative estimate of drug-likeness (QED) is 0.0491. The molecular formula is C37H71N7O6S2. The molecule has 52 heavy (non-hydrogen) atoms. The van der Waals surface area contributed by atoms with Crippen LogP contribution < -0.4 is 21.3 Å². The molecule has 0 radical (unpaired) electrons. The number of carbonyl (C=O) groups is 5. The largest absolute Gasteiger partial charge is 0.346 e. The third-order valence-corrected chi connectivity index (χ3v) is 10.3. The Labute approximate surface area is 325 Å². The van der Waals surface area contributed by atoms with Crippen LogP contribution in [0.1, 0.15) is 120 Å². The molecule has 13 nitrogen and oxygen atoms in total. The van der Waals surface area contributed by atoms with Crippen molar-refractivity contribution in [1.29, 1.82) is 0 Å². The number of Topliss-reactive ketones (excluding diaryl/α,β-unsaturated/α-hetero) is 1. The summed E-state index contributed by atoms with van der Waals surface area (Å²) in [5, 5.41) is 13.1. The van der Waals surface area contributed by atoms with Gasteiger partial charge < -0.3 is 26.2 Å². The van der Waals surface area contributed by atoms with E-state index in [0.29, 0.717) is 38.8 Å². The number of nitrogens with zero attached hydrogens (tertiary/aromatic N) is 3. The Bertz CT molecular complexity index is 1130. The SMILES string of the molecule is C=CCNC(=O)C(=O)C(CCC)NC(=O)C1CCCN1C(=O)C(NC(=O)NC(CN(C)OSN(C)CC)C(C)(C)C)C1(C)CCCCC1.CCC.S. The second kappa shape index (κ2) is 24.9. The number of hydrogen-bond donors (Lipinski definition) is 4. The predicted molar refractivity (Wildman–Crippen MR) is 216 cm³/mol. The van der Waals surface area contributed by atoms with E-state index in [1.54, 1.807) is 9.96 Å². The monoisotopic (exact) mass is 773 g/mol. The summed E-state index contributed by atoms with van der Waals surface area (Å²) < 4.78 is 7.72. The van der Waals surface area contributed by atoms with Gasteiger partial charge in [-0.25, -0.2) is 13.4 Å². The van der Waals surface area contributed by atoms with Crippen LogP contribution in [0.4, 0.5) is 4.79 Å². The van der Waals surface area contributed by atoms with Crippen LogP contribution in [0.25, 0.3) is 0 Å². The summed E-state index contributed by atoms with van der Waals surface area (Å²) in [7, 11) is 3.74. The fourth-order valence-corrected chi connectivity index (χ4v) is 6.60. The number of amides is 5. The lowest BCUT2D eigenvalue weighted by Crippen LogP contribution is -2.62. The molecule has 2 fully saturated rings. The normalized spacial score (nSPS) is 18.5. The van der Waals surface area contributed by atoms with Crippen LogP contribution in [-0.2, 0) is 23.5 Å². The number of ketones is 1. The van der Waals surface area contributed by atoms with Crippen molar-refractivity contribution in [3.05, 3.63) is 12.7 Å². The minimum atomic E-state index is -1.00. The molecule has 4 N–H and O–H groups in total. The van der Waals surface area contributed by atoms with E-state index in [0.717, 1.165) is 38.6 Å². The minimum Gasteiger partial charge on any atom is -0.346 e. The Morgan fingerprint density at radius 2 is 1.62 bits per heavy atom. The maximum atomic E-state index is 14.4. The summed E-state index contributed by atoms with van der Waals surface area (Å²) in [6, 6.07) is -3.43. The number of nitrogens with one attached hydrogen (secondary N) is 4. The van der Waals surface area contributed by atoms with E-state index in [2.05, 4.69) is 41.7 Å². The Morgan fingerprint density at radius 3 is 2.15 bits per heavy atom. The van der Waals surface area contributed by atoms with E-state index >= 15 is 0 Å². The lowest BCUT2D eigenvalue weighted by molar-refractivity contribution is -0.144. The molecule has 1 aliphatic heterocycles. The summed E-state index contributed by atoms with van der Waals surface area (Å²) in [5.41, 5.74) is -0.823. The molecule has 0 aromatic heterocycles. The maximum absolute atomic E-state index is 14.4. The van der Waals surface area contributed by atoms with Crippen molar-refractivity contribution in [2.45, 2.75) is 144 Å². The van der Waals surface area contributed by atoms with Crippen molar-refractivity contribution in [2.24, 2.45) is 10.8 Å². The van der Waals surface area contributed by atoms with E-state index in [1.807, 2.05) is 59.9 Å². The van der Waals surface area contributed by atoms with Gasteiger partial charge in [0, 0.05) is 33.2 Å². The van der Waals surface area contributed by atoms with Crippen molar-refractivity contribution in [2.75, 3.05) is 40.3 Å². The summed E-state index contributed by atoms with van der Waals surface area (Å²) >= 11 is 1.22. The van der Waals surface area contributed by atoms with Gasteiger partial charge in [0.25, 0.3) is 5.91 Å². The van der Waals surface area contributed by atoms with Crippen molar-refractivity contribution in [1.82, 2.24) is 35.5 Å². The number of likely N-dealkylation sites (tertiary alicyclic amines) is 1. The van der Waals surface area contributed by atoms with Crippen molar-refractivity contribution in [3.63, 3.8) is 0 Å². The van der Waals surface area contributed by atoms with Crippen LogP contribution in [0.2, 0.25) is 0 Å². The molecule has 2 rings (SSSR count). The van der Waals surface area contributed by atoms with E-state index in [-0.39, 0.29) is 37.4 Å². The Balaban J connectivity index is 0.00000627. The first-order chi connectivity index (χ1) is 24.0. The minimum absolute atomic E-state index is 0. The molecule has 1 saturated heterocycles. The standard InChI is InChI=1S/C34H61N7O6S.C3H8.H2S/c1-10-17-24(27(42)30(44)35-21-11-2)36-29(43)25-18-16-22-41(25)31(45)28(34(7)19-14-13-15-20-34)38-32(46)37-26(33(4,5)6)23-39(8)47-48-40(9)12-3;1-3-2;/h11,24-26,28H,2,10,12-23H2,1,3-9H3,(H,35,44)(H,36,43)(H2,37,38,46);3H2,1-2H3;1H2. The number of carbonyl (C=O) groups excluding carboxylic acids is 5. The average Bonchev–Trinajstić information content (AvgIpc) is 3.58. The Morgan fingerprint density at radius 1 is 1.00 bits per heavy atom. The van der Waals surface area contributed by atoms with Crippen LogP contribution in [-0.4, -0.2) is 108 Å². The average molecular weight is 774 g/mol. The summed E-state index contributed by atoms with van der Waals surface area (Å²) in [4.78, 5) is 68.6. The van der Waals surface area contributed by atoms with Gasteiger partial charge in [-0.3, -0.25) is 19.2 Å². The second-order valence-electron chi connectivity index (χ2n) is 15.2. The maximum Gasteiger partial charge on any atom is 0.315 e. The molecule has 15 heteroatoms. The summed E-state index contributed by atoms with van der Waals surface area (Å²) in [5.74, 6) is -2.29. The third-order valence-electron chi connectivity index (χ3n) is 9.42. The first-order valence-corrected chi connectivity index (χ1v) is 19.6. The van der Waals surface area contributed by atoms with E-state index in [9.17, 15) is 24.0 Å². The van der Waals surface area contributed by atoms with Crippen molar-refractivity contribution in [3.8, 4) is 0 Å². The van der Waals surface area contributed by atoms with Crippen molar-refractivity contribution < 1.29 is 28.3 Å². The number of hydrogen-bond acceptors (Lipinski definition) is 9. The first kappa shape index (κ1) is 49.7. The lowest BCUT2D eigenvalue weighted by Gasteiger charge is -2.43. The van der Waals surface area contributed by atoms with Gasteiger partial charge in [-0.2, -0.15) is 18.6 Å². The van der Waals surface area contributed by atoms with Gasteiger partial charge in [0.2, 0.25) is 17.6 Å². The highest BCUT2D eigenvalue weighted by molar-refractivity contribution is 7.92. The van der Waals surface area contributed by atoms with E-state index < -0.39 is 47.2 Å². The van der Waals surface area contributed by atoms with Crippen LogP contribution in [0.5, 0.6) is 0 Å². The topological polar surface area (TPSA) is 152 Å². The molecule has 4 unspecified atom stereocenters. The number of likely N-dealkylation sites (N-methyl/N-ethyl adjacent to an activating group) is 1. The van der Waals surface area contributed by atoms with Crippen LogP contribution in [0.15, 0.2) is 12.7 Å². The molecule has 2 aliphatic rings. The third kappa shape index (κ3) is 16.4. The molecule has 1 saturated carbocycles. The van der Waals surface area contributed by atoms with Gasteiger partial charge in [-0.1, -0.05) is 93.6 Å². The first-order valence-electron chi connectivity index (χ1n) is 18.9. The van der Waals surface area contributed by atoms with E-state index in [1.165, 1.54) is 24.7 Å². The Hall–Kier alpha value is -2.33. The molecule has 5 amide bonds. The van der Waals surface area contributed by atoms with E-state index in [4.69, 9.17) is 4.28 Å². The van der Waals surface area contributed by atoms with Gasteiger partial charge in [-0.05, 0) is 50.0 Å². The molecular weight excluding hydrogens is 703 g/mol. The van der Waals surface area contributed by atoms with Gasteiger partial charge in [0.05, 0.1) is 12.1 Å². The van der Waals surface area contributed by atoms with Gasteiger partial charge in [-0.15, -0.1) is 6.58 Å². The molecule has 1 aliphatic carbocycles. The number of rotatable bonds is 18. The van der Waals surface area contributed by atoms with Gasteiger partial charge in [0.1, 0.15) is 24.3 Å². The van der Waals surface area contributed by atoms with Crippen LogP contribution in [0.3, 0.4) is 0 Å². The van der Waals surface area contributed by atoms with Crippen LogP contribution in [0, 0.1) is 10.8 Å². The second-order valence-corrected chi connectivity index (χ2v) is 16.1. The Kier molecular flexibility index (Phi) is 23.8. The number of urea groups is 1. The molecule has 0 bridgehead atoms. The zero-order valence-electron chi connectivity index (χ0n) is 33.7. The number of hydroxylamine groups is 2. The van der Waals surface area contributed by atoms with Gasteiger partial charge >= 0.3 is 6.03 Å². The van der Waals surface area contributed by atoms with Crippen LogP contribution >= 0.6 is 25.7 Å². The highest BCUT2D eigenvalue weighted by atomic mass is 32.2. The zero-order valence-corrected chi connectivity index (χ0v) is 35.5. The molecule has 4 atom stereocenters. The molecule has 302 valence electrons. The van der Waals surface area contributed by atoms with Gasteiger partial charge in [0.15, 0.2) is 0 Å².